The Hall–Kier alpha value is -1.14. The molecule has 0 unspecified atom stereocenters. The Kier molecular flexibility index (Phi) is 4.65. The van der Waals surface area contributed by atoms with E-state index in [1.807, 2.05) is 14.0 Å². The number of thiazole rings is 1. The molecule has 1 aromatic heterocycles. The molecule has 3 heterocycles. The van der Waals surface area contributed by atoms with Gasteiger partial charge in [-0.15, -0.1) is 11.3 Å². The number of hydrogen-bond acceptors (Lipinski definition) is 4. The maximum Gasteiger partial charge on any atom is 0.317 e. The molecule has 2 aliphatic heterocycles. The average molecular weight is 337 g/mol. The Morgan fingerprint density at radius 3 is 2.65 bits per heavy atom. The van der Waals surface area contributed by atoms with Crippen LogP contribution >= 0.6 is 11.3 Å². The molecule has 4 atom stereocenters. The first kappa shape index (κ1) is 16.7. The molecule has 128 valence electrons. The first-order chi connectivity index (χ1) is 10.9. The minimum atomic E-state index is -0.0162. The smallest absolute Gasteiger partial charge is 0.317 e. The van der Waals surface area contributed by atoms with Gasteiger partial charge in [-0.3, -0.25) is 0 Å². The number of carbonyl (C=O) groups is 1. The van der Waals surface area contributed by atoms with Crippen LogP contribution in [-0.2, 0) is 4.74 Å². The Balaban J connectivity index is 1.64. The third-order valence-corrected chi connectivity index (χ3v) is 6.67. The van der Waals surface area contributed by atoms with Gasteiger partial charge >= 0.3 is 6.03 Å². The minimum Gasteiger partial charge on any atom is -0.373 e. The normalized spacial score (nSPS) is 27.5. The van der Waals surface area contributed by atoms with Gasteiger partial charge in [0, 0.05) is 17.8 Å². The molecule has 2 fully saturated rings. The topological polar surface area (TPSA) is 54.5 Å². The third kappa shape index (κ3) is 3.24. The molecule has 2 aliphatic rings. The van der Waals surface area contributed by atoms with E-state index < -0.39 is 0 Å². The zero-order valence-electron chi connectivity index (χ0n) is 14.6. The lowest BCUT2D eigenvalue weighted by Gasteiger charge is -2.28. The first-order valence-corrected chi connectivity index (χ1v) is 9.34. The van der Waals surface area contributed by atoms with E-state index in [-0.39, 0.29) is 24.2 Å². The highest BCUT2D eigenvalue weighted by Crippen LogP contribution is 2.35. The lowest BCUT2D eigenvalue weighted by molar-refractivity contribution is 0.0969. The molecule has 2 amide bonds. The second-order valence-electron chi connectivity index (χ2n) is 7.11. The van der Waals surface area contributed by atoms with Crippen molar-refractivity contribution in [1.29, 1.82) is 0 Å². The lowest BCUT2D eigenvalue weighted by atomic mass is 9.96. The maximum atomic E-state index is 12.6. The Morgan fingerprint density at radius 2 is 2.13 bits per heavy atom. The SMILES string of the molecule is Cc1nc(C(C)C)sc1[C@H](C)N(C)C(=O)N[C@H]1C[C@H]2CC[C@H]1O2. The number of nitrogens with one attached hydrogen (secondary N) is 1. The van der Waals surface area contributed by atoms with Crippen molar-refractivity contribution in [3.63, 3.8) is 0 Å². The summed E-state index contributed by atoms with van der Waals surface area (Å²) in [5.41, 5.74) is 1.04. The van der Waals surface area contributed by atoms with Gasteiger partial charge < -0.3 is 15.0 Å². The van der Waals surface area contributed by atoms with Crippen molar-refractivity contribution in [3.05, 3.63) is 15.6 Å². The van der Waals surface area contributed by atoms with E-state index in [0.29, 0.717) is 12.0 Å². The molecule has 23 heavy (non-hydrogen) atoms. The van der Waals surface area contributed by atoms with Crippen LogP contribution in [0.3, 0.4) is 0 Å². The van der Waals surface area contributed by atoms with E-state index in [1.165, 1.54) is 4.88 Å². The molecule has 2 bridgehead atoms. The monoisotopic (exact) mass is 337 g/mol. The van der Waals surface area contributed by atoms with Crippen molar-refractivity contribution in [1.82, 2.24) is 15.2 Å². The second-order valence-corrected chi connectivity index (χ2v) is 8.17. The van der Waals surface area contributed by atoms with Crippen LogP contribution in [0.2, 0.25) is 0 Å². The summed E-state index contributed by atoms with van der Waals surface area (Å²) in [4.78, 5) is 20.2. The van der Waals surface area contributed by atoms with Gasteiger partial charge in [0.2, 0.25) is 0 Å². The molecule has 5 nitrogen and oxygen atoms in total. The van der Waals surface area contributed by atoms with Gasteiger partial charge in [-0.25, -0.2) is 9.78 Å². The van der Waals surface area contributed by atoms with E-state index in [4.69, 9.17) is 4.74 Å². The number of aryl methyl sites for hydroxylation is 1. The third-order valence-electron chi connectivity index (χ3n) is 5.04. The standard InChI is InChI=1S/C17H27N3O2S/c1-9(2)16-18-10(3)15(23-16)11(4)20(5)17(21)19-13-8-12-6-7-14(13)22-12/h9,11-14H,6-8H2,1-5H3,(H,19,21)/t11-,12+,13-,14+/m0/s1. The van der Waals surface area contributed by atoms with E-state index >= 15 is 0 Å². The Bertz CT molecular complexity index is 586. The highest BCUT2D eigenvalue weighted by atomic mass is 32.1. The van der Waals surface area contributed by atoms with Crippen molar-refractivity contribution in [3.8, 4) is 0 Å². The molecule has 2 saturated heterocycles. The van der Waals surface area contributed by atoms with E-state index in [1.54, 1.807) is 16.2 Å². The molecular formula is C17H27N3O2S. The number of carbonyl (C=O) groups excluding carboxylic acids is 1. The zero-order valence-corrected chi connectivity index (χ0v) is 15.4. The van der Waals surface area contributed by atoms with Gasteiger partial charge in [-0.2, -0.15) is 0 Å². The summed E-state index contributed by atoms with van der Waals surface area (Å²) in [5, 5.41) is 4.29. The first-order valence-electron chi connectivity index (χ1n) is 8.52. The molecule has 0 aliphatic carbocycles. The van der Waals surface area contributed by atoms with Crippen molar-refractivity contribution in [2.45, 2.75) is 77.2 Å². The van der Waals surface area contributed by atoms with Gasteiger partial charge in [-0.1, -0.05) is 13.8 Å². The van der Waals surface area contributed by atoms with Crippen LogP contribution in [0, 0.1) is 6.92 Å². The number of aromatic nitrogens is 1. The molecule has 1 N–H and O–H groups in total. The summed E-state index contributed by atoms with van der Waals surface area (Å²) in [6.45, 7) is 8.40. The quantitative estimate of drug-likeness (QED) is 0.913. The van der Waals surface area contributed by atoms with Crippen LogP contribution in [-0.4, -0.2) is 41.2 Å². The van der Waals surface area contributed by atoms with Crippen LogP contribution in [0.25, 0.3) is 0 Å². The summed E-state index contributed by atoms with van der Waals surface area (Å²) in [6.07, 6.45) is 3.73. The van der Waals surface area contributed by atoms with Crippen LogP contribution in [0.1, 0.15) is 67.6 Å². The van der Waals surface area contributed by atoms with E-state index in [0.717, 1.165) is 30.0 Å². The van der Waals surface area contributed by atoms with Gasteiger partial charge in [0.25, 0.3) is 0 Å². The predicted octanol–water partition coefficient (Wildman–Crippen LogP) is 3.60. The Morgan fingerprint density at radius 1 is 1.39 bits per heavy atom. The fraction of sp³-hybridized carbons (Fsp3) is 0.765. The van der Waals surface area contributed by atoms with Crippen LogP contribution in [0.4, 0.5) is 4.79 Å². The van der Waals surface area contributed by atoms with Crippen LogP contribution < -0.4 is 5.32 Å². The van der Waals surface area contributed by atoms with Crippen molar-refractivity contribution in [2.24, 2.45) is 0 Å². The number of urea groups is 1. The summed E-state index contributed by atoms with van der Waals surface area (Å²) >= 11 is 1.72. The lowest BCUT2D eigenvalue weighted by Crippen LogP contribution is -2.47. The molecular weight excluding hydrogens is 310 g/mol. The summed E-state index contributed by atoms with van der Waals surface area (Å²) in [7, 11) is 1.86. The summed E-state index contributed by atoms with van der Waals surface area (Å²) in [5.74, 6) is 0.421. The summed E-state index contributed by atoms with van der Waals surface area (Å²) < 4.78 is 5.82. The van der Waals surface area contributed by atoms with Gasteiger partial charge in [0.05, 0.1) is 35.0 Å². The summed E-state index contributed by atoms with van der Waals surface area (Å²) in [6, 6.07) is 0.182. The predicted molar refractivity (Wildman–Crippen MR) is 91.9 cm³/mol. The second kappa shape index (κ2) is 6.40. The highest BCUT2D eigenvalue weighted by molar-refractivity contribution is 7.11. The fourth-order valence-electron chi connectivity index (χ4n) is 3.47. The highest BCUT2D eigenvalue weighted by Gasteiger charge is 2.42. The molecule has 6 heteroatoms. The molecule has 1 aromatic rings. The van der Waals surface area contributed by atoms with Crippen molar-refractivity contribution >= 4 is 17.4 Å². The number of fused-ring (bicyclic) bond motifs is 2. The fourth-order valence-corrected chi connectivity index (χ4v) is 4.63. The van der Waals surface area contributed by atoms with E-state index in [2.05, 4.69) is 31.1 Å². The van der Waals surface area contributed by atoms with Gasteiger partial charge in [-0.05, 0) is 33.1 Å². The van der Waals surface area contributed by atoms with Crippen molar-refractivity contribution in [2.75, 3.05) is 7.05 Å². The molecule has 0 aromatic carbocycles. The number of hydrogen-bond donors (Lipinski definition) is 1. The number of amides is 2. The maximum absolute atomic E-state index is 12.6. The van der Waals surface area contributed by atoms with Crippen LogP contribution in [0.15, 0.2) is 0 Å². The average Bonchev–Trinajstić information content (AvgIpc) is 3.20. The Labute approximate surface area is 142 Å². The zero-order chi connectivity index (χ0) is 16.7. The largest absolute Gasteiger partial charge is 0.373 e. The molecule has 0 spiro atoms. The number of ether oxygens (including phenoxy) is 1. The number of rotatable bonds is 4. The van der Waals surface area contributed by atoms with Gasteiger partial charge in [0.15, 0.2) is 0 Å². The van der Waals surface area contributed by atoms with E-state index in [9.17, 15) is 4.79 Å². The van der Waals surface area contributed by atoms with Crippen molar-refractivity contribution < 1.29 is 9.53 Å². The van der Waals surface area contributed by atoms with Gasteiger partial charge in [0.1, 0.15) is 0 Å². The minimum absolute atomic E-state index is 0.0162. The number of nitrogens with zero attached hydrogens (tertiary/aromatic N) is 2. The molecule has 0 saturated carbocycles. The molecule has 3 rings (SSSR count). The van der Waals surface area contributed by atoms with Crippen LogP contribution in [0.5, 0.6) is 0 Å². The molecule has 0 radical (unpaired) electrons.